The lowest BCUT2D eigenvalue weighted by molar-refractivity contribution is -0.279. The van der Waals surface area contributed by atoms with Gasteiger partial charge in [0.2, 0.25) is 5.79 Å². The Hall–Kier alpha value is -1.91. The van der Waals surface area contributed by atoms with Gasteiger partial charge in [0, 0.05) is 18.8 Å². The lowest BCUT2D eigenvalue weighted by Gasteiger charge is -2.31. The maximum absolute atomic E-state index is 13.2. The number of hydrogen-bond donors (Lipinski definition) is 1. The molecule has 0 spiro atoms. The van der Waals surface area contributed by atoms with E-state index in [0.29, 0.717) is 24.6 Å². The molecule has 3 fully saturated rings. The van der Waals surface area contributed by atoms with Crippen LogP contribution < -0.4 is 10.1 Å². The topological polar surface area (TPSA) is 87.7 Å². The molecule has 4 atom stereocenters. The number of benzene rings is 1. The molecule has 3 aliphatic heterocycles. The second-order valence-corrected chi connectivity index (χ2v) is 13.2. The summed E-state index contributed by atoms with van der Waals surface area (Å²) in [5.74, 6) is -1.32. The second kappa shape index (κ2) is 17.7. The fourth-order valence-corrected chi connectivity index (χ4v) is 6.67. The molecular weight excluding hydrogens is 560 g/mol. The van der Waals surface area contributed by atoms with Gasteiger partial charge >= 0.3 is 6.09 Å². The molecule has 3 aliphatic rings. The van der Waals surface area contributed by atoms with Crippen LogP contribution in [0.25, 0.3) is 0 Å². The Labute approximate surface area is 265 Å². The number of methoxy groups -OCH3 is 1. The van der Waals surface area contributed by atoms with Crippen LogP contribution in [0.2, 0.25) is 0 Å². The van der Waals surface area contributed by atoms with Crippen molar-refractivity contribution in [2.75, 3.05) is 45.3 Å². The summed E-state index contributed by atoms with van der Waals surface area (Å²) >= 11 is 0. The number of amides is 1. The number of nitrogens with zero attached hydrogens (tertiary/aromatic N) is 1. The number of hydrogen-bond acceptors (Lipinski definition) is 8. The van der Waals surface area contributed by atoms with E-state index >= 15 is 0 Å². The van der Waals surface area contributed by atoms with E-state index in [0.717, 1.165) is 38.8 Å². The van der Waals surface area contributed by atoms with Gasteiger partial charge in [0.05, 0.1) is 7.11 Å². The Morgan fingerprint density at radius 2 is 1.55 bits per heavy atom. The van der Waals surface area contributed by atoms with E-state index in [2.05, 4.69) is 17.1 Å². The Balaban J connectivity index is 1.34. The molecule has 1 aromatic rings. The molecule has 1 amide bonds. The Kier molecular flexibility index (Phi) is 14.1. The van der Waals surface area contributed by atoms with Crippen molar-refractivity contribution in [2.24, 2.45) is 0 Å². The van der Waals surface area contributed by atoms with Gasteiger partial charge in [-0.2, -0.15) is 0 Å². The summed E-state index contributed by atoms with van der Waals surface area (Å²) in [5, 5.41) is 2.85. The Bertz CT molecular complexity index is 966. The summed E-state index contributed by atoms with van der Waals surface area (Å²) in [6, 6.07) is 7.15. The number of nitrogens with one attached hydrogen (secondary N) is 1. The lowest BCUT2D eigenvalue weighted by Crippen LogP contribution is -2.46. The quantitative estimate of drug-likeness (QED) is 0.168. The van der Waals surface area contributed by atoms with Crippen molar-refractivity contribution >= 4 is 11.8 Å². The Morgan fingerprint density at radius 1 is 0.909 bits per heavy atom. The minimum absolute atomic E-state index is 0.231. The van der Waals surface area contributed by atoms with Crippen LogP contribution in [0.3, 0.4) is 0 Å². The minimum atomic E-state index is -1.14. The number of carbonyl (C=O) groups excluding carboxylic acids is 1. The van der Waals surface area contributed by atoms with Crippen molar-refractivity contribution in [3.05, 3.63) is 24.3 Å². The van der Waals surface area contributed by atoms with Crippen LogP contribution >= 0.6 is 0 Å². The highest BCUT2D eigenvalue weighted by atomic mass is 16.9. The first kappa shape index (κ1) is 35.0. The first-order valence-electron chi connectivity index (χ1n) is 17.3. The van der Waals surface area contributed by atoms with Crippen LogP contribution in [0.1, 0.15) is 111 Å². The fraction of sp³-hybridized carbons (Fsp3) is 0.800. The number of likely N-dealkylation sites (tertiary alicyclic amines) is 1. The highest BCUT2D eigenvalue weighted by molar-refractivity contribution is 5.84. The van der Waals surface area contributed by atoms with Gasteiger partial charge in [-0.05, 0) is 70.5 Å². The zero-order valence-corrected chi connectivity index (χ0v) is 27.8. The highest BCUT2D eigenvalue weighted by Gasteiger charge is 2.66. The molecule has 0 saturated carbocycles. The maximum Gasteiger partial charge on any atom is 0.412 e. The third-order valence-electron chi connectivity index (χ3n) is 8.94. The minimum Gasteiger partial charge on any atom is -0.497 e. The van der Waals surface area contributed by atoms with Gasteiger partial charge in [0.1, 0.15) is 18.5 Å². The van der Waals surface area contributed by atoms with E-state index < -0.39 is 36.0 Å². The van der Waals surface area contributed by atoms with Crippen molar-refractivity contribution in [2.45, 2.75) is 141 Å². The van der Waals surface area contributed by atoms with E-state index in [1.54, 1.807) is 31.4 Å². The molecule has 1 aromatic carbocycles. The molecule has 9 heteroatoms. The zero-order valence-electron chi connectivity index (χ0n) is 27.8. The summed E-state index contributed by atoms with van der Waals surface area (Å²) in [6.45, 7) is 9.53. The molecule has 250 valence electrons. The largest absolute Gasteiger partial charge is 0.497 e. The summed E-state index contributed by atoms with van der Waals surface area (Å²) in [6.07, 6.45) is 15.4. The third-order valence-corrected chi connectivity index (χ3v) is 8.94. The van der Waals surface area contributed by atoms with E-state index in [4.69, 9.17) is 28.4 Å². The number of unbranched alkanes of at least 4 members (excludes halogenated alkanes) is 9. The van der Waals surface area contributed by atoms with Gasteiger partial charge in [0.25, 0.3) is 0 Å². The van der Waals surface area contributed by atoms with E-state index in [1.807, 2.05) is 13.8 Å². The van der Waals surface area contributed by atoms with Gasteiger partial charge in [-0.15, -0.1) is 0 Å². The summed E-state index contributed by atoms with van der Waals surface area (Å²) in [5.41, 5.74) is 0.619. The average Bonchev–Trinajstić information content (AvgIpc) is 3.24. The molecule has 0 aliphatic carbocycles. The predicted molar refractivity (Wildman–Crippen MR) is 172 cm³/mol. The van der Waals surface area contributed by atoms with E-state index in [1.165, 1.54) is 64.2 Å². The van der Waals surface area contributed by atoms with Crippen molar-refractivity contribution in [3.8, 4) is 5.75 Å². The van der Waals surface area contributed by atoms with Crippen molar-refractivity contribution < 1.29 is 33.2 Å². The highest BCUT2D eigenvalue weighted by Crippen LogP contribution is 2.47. The van der Waals surface area contributed by atoms with Crippen LogP contribution in [0, 0.1) is 0 Å². The molecule has 1 N–H and O–H groups in total. The van der Waals surface area contributed by atoms with Gasteiger partial charge in [0.15, 0.2) is 18.0 Å². The van der Waals surface area contributed by atoms with Gasteiger partial charge in [-0.1, -0.05) is 77.6 Å². The monoisotopic (exact) mass is 618 g/mol. The van der Waals surface area contributed by atoms with E-state index in [9.17, 15) is 4.79 Å². The molecule has 3 heterocycles. The van der Waals surface area contributed by atoms with Crippen LogP contribution in [0.4, 0.5) is 10.5 Å². The molecule has 4 rings (SSSR count). The van der Waals surface area contributed by atoms with Gasteiger partial charge in [-0.3, -0.25) is 5.32 Å². The number of anilines is 1. The van der Waals surface area contributed by atoms with Crippen LogP contribution in [0.5, 0.6) is 5.75 Å². The maximum atomic E-state index is 13.2. The first-order chi connectivity index (χ1) is 21.3. The summed E-state index contributed by atoms with van der Waals surface area (Å²) < 4.78 is 37.1. The third kappa shape index (κ3) is 10.6. The zero-order chi connectivity index (χ0) is 31.3. The molecule has 0 radical (unpaired) electrons. The molecule has 0 aromatic heterocycles. The SMILES string of the molecule is CCCCCCCCCCCCOC[C@@]12O[C@@H](CN3CCCCCC3)[C@@H](OC(=O)Nc3ccc(OC)cc3)[C@@H]1OC(C)(C)O2. The summed E-state index contributed by atoms with van der Waals surface area (Å²) in [7, 11) is 1.61. The smallest absolute Gasteiger partial charge is 0.412 e. The molecule has 9 nitrogen and oxygen atoms in total. The van der Waals surface area contributed by atoms with E-state index in [-0.39, 0.29) is 6.61 Å². The summed E-state index contributed by atoms with van der Waals surface area (Å²) in [4.78, 5) is 15.6. The number of carbonyl (C=O) groups is 1. The van der Waals surface area contributed by atoms with Gasteiger partial charge < -0.3 is 33.3 Å². The predicted octanol–water partition coefficient (Wildman–Crippen LogP) is 7.67. The van der Waals surface area contributed by atoms with Crippen LogP contribution in [0.15, 0.2) is 24.3 Å². The number of fused-ring (bicyclic) bond motifs is 1. The van der Waals surface area contributed by atoms with Crippen molar-refractivity contribution in [1.29, 1.82) is 0 Å². The Morgan fingerprint density at radius 3 is 2.18 bits per heavy atom. The average molecular weight is 619 g/mol. The molecule has 0 bridgehead atoms. The van der Waals surface area contributed by atoms with Gasteiger partial charge in [-0.25, -0.2) is 4.79 Å². The normalized spacial score (nSPS) is 26.7. The van der Waals surface area contributed by atoms with Crippen molar-refractivity contribution in [3.63, 3.8) is 0 Å². The second-order valence-electron chi connectivity index (χ2n) is 13.2. The standard InChI is InChI=1S/C35H58N2O7/c1-5-6-7-8-9-10-11-12-15-18-25-40-27-35-32(43-34(2,3)44-35)31(30(42-35)26-37-23-16-13-14-17-24-37)41-33(38)36-28-19-21-29(39-4)22-20-28/h19-22,30-32H,5-18,23-27H2,1-4H3,(H,36,38)/t30-,31+,32-,35-/m0/s1. The van der Waals surface area contributed by atoms with Crippen molar-refractivity contribution in [1.82, 2.24) is 4.90 Å². The molecule has 3 saturated heterocycles. The molecular formula is C35H58N2O7. The fourth-order valence-electron chi connectivity index (χ4n) is 6.67. The molecule has 0 unspecified atom stereocenters. The number of rotatable bonds is 18. The molecule has 44 heavy (non-hydrogen) atoms. The lowest BCUT2D eigenvalue weighted by atomic mass is 10.0. The number of ether oxygens (including phenoxy) is 6. The van der Waals surface area contributed by atoms with Crippen LogP contribution in [-0.2, 0) is 23.7 Å². The van der Waals surface area contributed by atoms with Crippen LogP contribution in [-0.4, -0.2) is 80.8 Å². The first-order valence-corrected chi connectivity index (χ1v) is 17.3.